The van der Waals surface area contributed by atoms with Gasteiger partial charge in [-0.15, -0.1) is 0 Å². The van der Waals surface area contributed by atoms with Gasteiger partial charge in [-0.05, 0) is 70.0 Å². The molecule has 18 heavy (non-hydrogen) atoms. The molecular formula is C16H32N2. The molecule has 0 heterocycles. The van der Waals surface area contributed by atoms with Gasteiger partial charge in [-0.1, -0.05) is 20.8 Å². The second-order valence-electron chi connectivity index (χ2n) is 8.01. The summed E-state index contributed by atoms with van der Waals surface area (Å²) in [6.07, 6.45) is 5.57. The summed E-state index contributed by atoms with van der Waals surface area (Å²) >= 11 is 0. The number of hydrogen-bond acceptors (Lipinski definition) is 2. The van der Waals surface area contributed by atoms with E-state index in [2.05, 4.69) is 52.0 Å². The third-order valence-corrected chi connectivity index (χ3v) is 5.73. The van der Waals surface area contributed by atoms with E-state index in [4.69, 9.17) is 0 Å². The van der Waals surface area contributed by atoms with Gasteiger partial charge in [0, 0.05) is 12.1 Å². The van der Waals surface area contributed by atoms with E-state index in [1.807, 2.05) is 0 Å². The molecule has 0 aromatic carbocycles. The molecule has 2 unspecified atom stereocenters. The Bertz CT molecular complexity index is 293. The van der Waals surface area contributed by atoms with Crippen LogP contribution >= 0.6 is 0 Å². The Kier molecular flexibility index (Phi) is 3.81. The Labute approximate surface area is 114 Å². The first-order valence-electron chi connectivity index (χ1n) is 7.66. The van der Waals surface area contributed by atoms with Crippen LogP contribution in [-0.2, 0) is 0 Å². The fraction of sp³-hybridized carbons (Fsp3) is 1.00. The lowest BCUT2D eigenvalue weighted by atomic mass is 9.68. The lowest BCUT2D eigenvalue weighted by Gasteiger charge is -2.44. The average molecular weight is 252 g/mol. The number of nitrogens with zero attached hydrogens (tertiary/aromatic N) is 1. The lowest BCUT2D eigenvalue weighted by Crippen LogP contribution is -2.53. The highest BCUT2D eigenvalue weighted by Gasteiger charge is 2.59. The summed E-state index contributed by atoms with van der Waals surface area (Å²) in [5, 5.41) is 3.97. The van der Waals surface area contributed by atoms with Gasteiger partial charge in [0.05, 0.1) is 0 Å². The Morgan fingerprint density at radius 2 is 1.94 bits per heavy atom. The molecule has 1 N–H and O–H groups in total. The molecule has 106 valence electrons. The van der Waals surface area contributed by atoms with E-state index in [-0.39, 0.29) is 0 Å². The van der Waals surface area contributed by atoms with Crippen LogP contribution in [0.15, 0.2) is 0 Å². The Balaban J connectivity index is 1.96. The van der Waals surface area contributed by atoms with Gasteiger partial charge >= 0.3 is 0 Å². The van der Waals surface area contributed by atoms with Crippen LogP contribution in [0.5, 0.6) is 0 Å². The van der Waals surface area contributed by atoms with Crippen LogP contribution in [-0.4, -0.2) is 37.6 Å². The molecule has 2 rings (SSSR count). The third kappa shape index (κ3) is 2.46. The fourth-order valence-electron chi connectivity index (χ4n) is 4.54. The predicted octanol–water partition coefficient (Wildman–Crippen LogP) is 3.13. The topological polar surface area (TPSA) is 15.3 Å². The molecule has 0 saturated heterocycles. The summed E-state index contributed by atoms with van der Waals surface area (Å²) in [6, 6.07) is 1.34. The highest BCUT2D eigenvalue weighted by molar-refractivity contribution is 5.12. The third-order valence-electron chi connectivity index (χ3n) is 5.73. The lowest BCUT2D eigenvalue weighted by molar-refractivity contribution is 0.0981. The second-order valence-corrected chi connectivity index (χ2v) is 8.01. The van der Waals surface area contributed by atoms with Gasteiger partial charge in [-0.25, -0.2) is 0 Å². The van der Waals surface area contributed by atoms with Crippen molar-refractivity contribution in [2.45, 2.75) is 65.5 Å². The molecule has 2 nitrogen and oxygen atoms in total. The van der Waals surface area contributed by atoms with Crippen molar-refractivity contribution in [3.63, 3.8) is 0 Å². The SMILES string of the molecule is CC(CCN(C)C)NC1C(C)(C)[C@H]2CC[C@]1(C)C2. The molecule has 0 amide bonds. The van der Waals surface area contributed by atoms with Crippen LogP contribution in [0.25, 0.3) is 0 Å². The minimum Gasteiger partial charge on any atom is -0.310 e. The first kappa shape index (κ1) is 14.3. The summed E-state index contributed by atoms with van der Waals surface area (Å²) in [7, 11) is 4.32. The van der Waals surface area contributed by atoms with E-state index in [1.165, 1.54) is 32.2 Å². The predicted molar refractivity (Wildman–Crippen MR) is 78.8 cm³/mol. The van der Waals surface area contributed by atoms with Crippen LogP contribution < -0.4 is 5.32 Å². The molecule has 2 saturated carbocycles. The summed E-state index contributed by atoms with van der Waals surface area (Å²) in [4.78, 5) is 2.28. The van der Waals surface area contributed by atoms with Gasteiger partial charge in [0.25, 0.3) is 0 Å². The minimum absolute atomic E-state index is 0.485. The smallest absolute Gasteiger partial charge is 0.0177 e. The highest BCUT2D eigenvalue weighted by Crippen LogP contribution is 2.62. The monoisotopic (exact) mass is 252 g/mol. The molecule has 0 spiro atoms. The minimum atomic E-state index is 0.485. The van der Waals surface area contributed by atoms with Crippen molar-refractivity contribution in [1.82, 2.24) is 10.2 Å². The molecule has 0 aromatic rings. The van der Waals surface area contributed by atoms with E-state index in [9.17, 15) is 0 Å². The molecule has 0 aromatic heterocycles. The largest absolute Gasteiger partial charge is 0.310 e. The molecule has 2 aliphatic carbocycles. The summed E-state index contributed by atoms with van der Waals surface area (Å²) in [5.74, 6) is 0.945. The van der Waals surface area contributed by atoms with E-state index >= 15 is 0 Å². The van der Waals surface area contributed by atoms with Gasteiger partial charge in [0.15, 0.2) is 0 Å². The zero-order valence-electron chi connectivity index (χ0n) is 13.2. The maximum absolute atomic E-state index is 3.97. The Morgan fingerprint density at radius 3 is 2.44 bits per heavy atom. The van der Waals surface area contributed by atoms with Gasteiger partial charge in [-0.3, -0.25) is 0 Å². The van der Waals surface area contributed by atoms with E-state index in [1.54, 1.807) is 0 Å². The van der Waals surface area contributed by atoms with Gasteiger partial charge in [0.1, 0.15) is 0 Å². The van der Waals surface area contributed by atoms with Crippen molar-refractivity contribution in [2.24, 2.45) is 16.7 Å². The standard InChI is InChI=1S/C16H32N2/c1-12(8-10-18(5)6)17-14-15(2,3)13-7-9-16(14,4)11-13/h12-14,17H,7-11H2,1-6H3/t12?,13-,14?,16+/m0/s1. The maximum atomic E-state index is 3.97. The summed E-state index contributed by atoms with van der Waals surface area (Å²) < 4.78 is 0. The van der Waals surface area contributed by atoms with Crippen LogP contribution in [0.1, 0.15) is 53.4 Å². The zero-order chi connectivity index (χ0) is 13.6. The first-order chi connectivity index (χ1) is 8.25. The quantitative estimate of drug-likeness (QED) is 0.809. The van der Waals surface area contributed by atoms with Crippen LogP contribution in [0, 0.1) is 16.7 Å². The van der Waals surface area contributed by atoms with Crippen LogP contribution in [0.2, 0.25) is 0 Å². The first-order valence-corrected chi connectivity index (χ1v) is 7.66. The van der Waals surface area contributed by atoms with E-state index < -0.39 is 0 Å². The molecule has 2 heteroatoms. The van der Waals surface area contributed by atoms with Gasteiger partial charge < -0.3 is 10.2 Å². The molecule has 0 aliphatic heterocycles. The Morgan fingerprint density at radius 1 is 1.28 bits per heavy atom. The highest BCUT2D eigenvalue weighted by atomic mass is 15.1. The second kappa shape index (κ2) is 4.79. The van der Waals surface area contributed by atoms with Crippen molar-refractivity contribution in [3.8, 4) is 0 Å². The normalized spacial score (nSPS) is 39.5. The van der Waals surface area contributed by atoms with Gasteiger partial charge in [-0.2, -0.15) is 0 Å². The van der Waals surface area contributed by atoms with Crippen LogP contribution in [0.4, 0.5) is 0 Å². The Hall–Kier alpha value is -0.0800. The van der Waals surface area contributed by atoms with Crippen molar-refractivity contribution in [3.05, 3.63) is 0 Å². The maximum Gasteiger partial charge on any atom is 0.0177 e. The molecule has 0 radical (unpaired) electrons. The average Bonchev–Trinajstić information content (AvgIpc) is 2.73. The molecular weight excluding hydrogens is 220 g/mol. The van der Waals surface area contributed by atoms with E-state index in [0.29, 0.717) is 22.9 Å². The van der Waals surface area contributed by atoms with Crippen molar-refractivity contribution in [1.29, 1.82) is 0 Å². The summed E-state index contributed by atoms with van der Waals surface area (Å²) in [6.45, 7) is 11.0. The number of hydrogen-bond donors (Lipinski definition) is 1. The van der Waals surface area contributed by atoms with Crippen LogP contribution in [0.3, 0.4) is 0 Å². The zero-order valence-corrected chi connectivity index (χ0v) is 13.2. The molecule has 2 fully saturated rings. The number of fused-ring (bicyclic) bond motifs is 2. The van der Waals surface area contributed by atoms with Crippen molar-refractivity contribution < 1.29 is 0 Å². The summed E-state index contributed by atoms with van der Waals surface area (Å²) in [5.41, 5.74) is 1.04. The molecule has 4 atom stereocenters. The number of nitrogens with one attached hydrogen (secondary N) is 1. The van der Waals surface area contributed by atoms with Gasteiger partial charge in [0.2, 0.25) is 0 Å². The molecule has 2 bridgehead atoms. The van der Waals surface area contributed by atoms with E-state index in [0.717, 1.165) is 5.92 Å². The van der Waals surface area contributed by atoms with Crippen molar-refractivity contribution >= 4 is 0 Å². The van der Waals surface area contributed by atoms with Crippen molar-refractivity contribution in [2.75, 3.05) is 20.6 Å². The fourth-order valence-corrected chi connectivity index (χ4v) is 4.54. The number of rotatable bonds is 5. The molecule has 2 aliphatic rings.